The lowest BCUT2D eigenvalue weighted by atomic mass is 10.2. The highest BCUT2D eigenvalue weighted by molar-refractivity contribution is 7.90. The van der Waals surface area contributed by atoms with E-state index in [9.17, 15) is 39.6 Å². The van der Waals surface area contributed by atoms with Gasteiger partial charge in [-0.2, -0.15) is 21.6 Å². The van der Waals surface area contributed by atoms with Crippen LogP contribution in [0.5, 0.6) is 0 Å². The summed E-state index contributed by atoms with van der Waals surface area (Å²) < 4.78 is 96.0. The number of sulfonamides is 1. The smallest absolute Gasteiger partial charge is 0.268 e. The van der Waals surface area contributed by atoms with Crippen LogP contribution in [0.2, 0.25) is 0 Å². The van der Waals surface area contributed by atoms with Crippen LogP contribution in [0.15, 0.2) is 12.1 Å². The average molecular weight is 307 g/mol. The van der Waals surface area contributed by atoms with Crippen molar-refractivity contribution in [3.8, 4) is 0 Å². The van der Waals surface area contributed by atoms with Crippen molar-refractivity contribution in [2.24, 2.45) is 0 Å². The SMILES string of the molecule is O=C(NS(=O)(=O)C(F)(F)F)c1c(F)ccc(F)c1F. The number of alkyl halides is 3. The Hall–Kier alpha value is -1.78. The van der Waals surface area contributed by atoms with E-state index < -0.39 is 44.5 Å². The molecule has 0 bridgehead atoms. The van der Waals surface area contributed by atoms with E-state index in [0.717, 1.165) is 0 Å². The van der Waals surface area contributed by atoms with E-state index in [0.29, 0.717) is 4.72 Å². The zero-order valence-electron chi connectivity index (χ0n) is 8.56. The van der Waals surface area contributed by atoms with Crippen LogP contribution in [0.4, 0.5) is 26.3 Å². The summed E-state index contributed by atoms with van der Waals surface area (Å²) in [5.41, 5.74) is -7.63. The predicted octanol–water partition coefficient (Wildman–Crippen LogP) is 1.68. The van der Waals surface area contributed by atoms with Gasteiger partial charge in [0, 0.05) is 0 Å². The summed E-state index contributed by atoms with van der Waals surface area (Å²) in [5, 5.41) is 0. The first kappa shape index (κ1) is 15.3. The largest absolute Gasteiger partial charge is 0.516 e. The van der Waals surface area contributed by atoms with Crippen molar-refractivity contribution in [3.63, 3.8) is 0 Å². The molecule has 0 aliphatic rings. The molecule has 0 fully saturated rings. The molecule has 0 atom stereocenters. The first-order chi connectivity index (χ1) is 8.47. The lowest BCUT2D eigenvalue weighted by Gasteiger charge is -2.10. The van der Waals surface area contributed by atoms with E-state index in [1.807, 2.05) is 0 Å². The number of hydrogen-bond acceptors (Lipinski definition) is 3. The third-order valence-electron chi connectivity index (χ3n) is 1.80. The monoisotopic (exact) mass is 307 g/mol. The van der Waals surface area contributed by atoms with Gasteiger partial charge in [0.1, 0.15) is 11.4 Å². The van der Waals surface area contributed by atoms with Gasteiger partial charge in [-0.15, -0.1) is 0 Å². The molecule has 19 heavy (non-hydrogen) atoms. The van der Waals surface area contributed by atoms with Gasteiger partial charge >= 0.3 is 15.5 Å². The van der Waals surface area contributed by atoms with Crippen LogP contribution >= 0.6 is 0 Å². The van der Waals surface area contributed by atoms with Crippen LogP contribution in [0.25, 0.3) is 0 Å². The van der Waals surface area contributed by atoms with E-state index in [1.54, 1.807) is 0 Å². The lowest BCUT2D eigenvalue weighted by Crippen LogP contribution is -2.40. The molecule has 11 heteroatoms. The molecule has 4 nitrogen and oxygen atoms in total. The van der Waals surface area contributed by atoms with Crippen molar-refractivity contribution < 1.29 is 39.6 Å². The second-order valence-corrected chi connectivity index (χ2v) is 4.77. The Bertz CT molecular complexity index is 624. The summed E-state index contributed by atoms with van der Waals surface area (Å²) in [5.74, 6) is -7.81. The number of hydrogen-bond donors (Lipinski definition) is 1. The molecule has 0 spiro atoms. The maximum atomic E-state index is 13.0. The quantitative estimate of drug-likeness (QED) is 0.668. The third-order valence-corrected chi connectivity index (χ3v) is 2.87. The Morgan fingerprint density at radius 3 is 2.00 bits per heavy atom. The van der Waals surface area contributed by atoms with Crippen molar-refractivity contribution in [1.82, 2.24) is 4.72 Å². The molecule has 0 unspecified atom stereocenters. The second kappa shape index (κ2) is 4.72. The first-order valence-corrected chi connectivity index (χ1v) is 5.72. The fourth-order valence-electron chi connectivity index (χ4n) is 0.966. The maximum absolute atomic E-state index is 13.0. The molecule has 1 N–H and O–H groups in total. The first-order valence-electron chi connectivity index (χ1n) is 4.24. The minimum Gasteiger partial charge on any atom is -0.268 e. The Balaban J connectivity index is 3.21. The van der Waals surface area contributed by atoms with Crippen molar-refractivity contribution >= 4 is 15.9 Å². The topological polar surface area (TPSA) is 63.2 Å². The molecule has 0 saturated heterocycles. The Morgan fingerprint density at radius 2 is 1.53 bits per heavy atom. The number of carbonyl (C=O) groups is 1. The van der Waals surface area contributed by atoms with Crippen LogP contribution in [0.3, 0.4) is 0 Å². The lowest BCUT2D eigenvalue weighted by molar-refractivity contribution is -0.0446. The molecule has 0 saturated carbocycles. The molecule has 106 valence electrons. The third kappa shape index (κ3) is 2.97. The van der Waals surface area contributed by atoms with E-state index in [2.05, 4.69) is 0 Å². The molecule has 1 amide bonds. The van der Waals surface area contributed by atoms with E-state index in [4.69, 9.17) is 0 Å². The van der Waals surface area contributed by atoms with Crippen molar-refractivity contribution in [2.75, 3.05) is 0 Å². The van der Waals surface area contributed by atoms with E-state index in [1.165, 1.54) is 0 Å². The Morgan fingerprint density at radius 1 is 1.05 bits per heavy atom. The normalized spacial score (nSPS) is 12.3. The van der Waals surface area contributed by atoms with E-state index >= 15 is 0 Å². The molecule has 0 radical (unpaired) electrons. The summed E-state index contributed by atoms with van der Waals surface area (Å²) in [4.78, 5) is 11.1. The molecule has 1 rings (SSSR count). The minimum atomic E-state index is -6.15. The zero-order valence-corrected chi connectivity index (χ0v) is 9.37. The predicted molar refractivity (Wildman–Crippen MR) is 48.8 cm³/mol. The van der Waals surface area contributed by atoms with Crippen LogP contribution in [-0.2, 0) is 10.0 Å². The van der Waals surface area contributed by atoms with Crippen molar-refractivity contribution in [2.45, 2.75) is 5.51 Å². The van der Waals surface area contributed by atoms with Gasteiger partial charge in [-0.05, 0) is 12.1 Å². The van der Waals surface area contributed by atoms with E-state index in [-0.39, 0.29) is 12.1 Å². The van der Waals surface area contributed by atoms with Gasteiger partial charge < -0.3 is 0 Å². The summed E-state index contributed by atoms with van der Waals surface area (Å²) in [6.45, 7) is 0. The van der Waals surface area contributed by atoms with Crippen molar-refractivity contribution in [1.29, 1.82) is 0 Å². The molecule has 1 aromatic rings. The van der Waals surface area contributed by atoms with Gasteiger partial charge in [0.05, 0.1) is 0 Å². The number of halogens is 6. The Kier molecular flexibility index (Phi) is 3.79. The summed E-state index contributed by atoms with van der Waals surface area (Å²) in [6, 6.07) is 0.535. The molecular formula is C8H3F6NO3S. The number of amides is 1. The highest BCUT2D eigenvalue weighted by Crippen LogP contribution is 2.23. The summed E-state index contributed by atoms with van der Waals surface area (Å²) in [7, 11) is -6.15. The fourth-order valence-corrected chi connectivity index (χ4v) is 1.43. The molecule has 1 aromatic carbocycles. The van der Waals surface area contributed by atoms with Crippen LogP contribution < -0.4 is 4.72 Å². The maximum Gasteiger partial charge on any atom is 0.516 e. The van der Waals surface area contributed by atoms with Gasteiger partial charge in [-0.3, -0.25) is 4.79 Å². The molecular weight excluding hydrogens is 304 g/mol. The van der Waals surface area contributed by atoms with Crippen LogP contribution in [0.1, 0.15) is 10.4 Å². The molecule has 0 aliphatic carbocycles. The molecule has 0 aliphatic heterocycles. The highest BCUT2D eigenvalue weighted by atomic mass is 32.2. The van der Waals surface area contributed by atoms with Gasteiger partial charge in [-0.1, -0.05) is 0 Å². The average Bonchev–Trinajstić information content (AvgIpc) is 2.21. The molecule has 0 aromatic heterocycles. The number of rotatable bonds is 2. The van der Waals surface area contributed by atoms with Gasteiger partial charge in [0.25, 0.3) is 5.91 Å². The van der Waals surface area contributed by atoms with Crippen molar-refractivity contribution in [3.05, 3.63) is 35.1 Å². The fraction of sp³-hybridized carbons (Fsp3) is 0.125. The number of benzene rings is 1. The standard InChI is InChI=1S/C8H3F6NO3S/c9-3-1-2-4(10)6(11)5(3)7(16)15-19(17,18)8(12,13)14/h1-2H,(H,15,16). The summed E-state index contributed by atoms with van der Waals surface area (Å²) >= 11 is 0. The highest BCUT2D eigenvalue weighted by Gasteiger charge is 2.47. The second-order valence-electron chi connectivity index (χ2n) is 3.10. The molecule has 0 heterocycles. The van der Waals surface area contributed by atoms with Gasteiger partial charge in [0.2, 0.25) is 0 Å². The van der Waals surface area contributed by atoms with Gasteiger partial charge in [-0.25, -0.2) is 17.9 Å². The zero-order chi connectivity index (χ0) is 15.0. The Labute approximate surface area is 102 Å². The number of carbonyl (C=O) groups excluding carboxylic acids is 1. The van der Waals surface area contributed by atoms with Gasteiger partial charge in [0.15, 0.2) is 11.6 Å². The number of nitrogens with one attached hydrogen (secondary N) is 1. The van der Waals surface area contributed by atoms with Crippen LogP contribution in [-0.4, -0.2) is 19.8 Å². The minimum absolute atomic E-state index is 0.257. The summed E-state index contributed by atoms with van der Waals surface area (Å²) in [6.07, 6.45) is 0. The van der Waals surface area contributed by atoms with Crippen LogP contribution in [0, 0.1) is 17.5 Å².